The Morgan fingerprint density at radius 1 is 0.821 bits per heavy atom. The zero-order valence-corrected chi connectivity index (χ0v) is 18.4. The average molecular weight is 395 g/mol. The monoisotopic (exact) mass is 394 g/mol. The third kappa shape index (κ3) is 8.41. The van der Waals surface area contributed by atoms with E-state index in [0.717, 1.165) is 38.5 Å². The minimum atomic E-state index is -0.881. The van der Waals surface area contributed by atoms with Crippen LogP contribution in [0.4, 0.5) is 0 Å². The molecular weight excluding hydrogens is 356 g/mol. The Kier molecular flexibility index (Phi) is 10.8. The Bertz CT molecular complexity index is 564. The molecule has 5 heteroatoms. The fourth-order valence-corrected chi connectivity index (χ4v) is 3.23. The smallest absolute Gasteiger partial charge is 0.307 e. The lowest BCUT2D eigenvalue weighted by molar-refractivity contribution is -0.136. The van der Waals surface area contributed by atoms with E-state index in [0.29, 0.717) is 22.8 Å². The van der Waals surface area contributed by atoms with Crippen LogP contribution in [0.25, 0.3) is 0 Å². The topological polar surface area (TPSA) is 65.0 Å². The summed E-state index contributed by atoms with van der Waals surface area (Å²) >= 11 is 0. The lowest BCUT2D eigenvalue weighted by Gasteiger charge is -2.25. The van der Waals surface area contributed by atoms with Gasteiger partial charge in [-0.25, -0.2) is 0 Å². The molecule has 0 radical (unpaired) electrons. The van der Waals surface area contributed by atoms with Crippen molar-refractivity contribution in [3.63, 3.8) is 0 Å². The van der Waals surface area contributed by atoms with Gasteiger partial charge in [-0.3, -0.25) is 4.79 Å². The molecule has 0 aliphatic heterocycles. The van der Waals surface area contributed by atoms with E-state index in [9.17, 15) is 9.90 Å². The van der Waals surface area contributed by atoms with Gasteiger partial charge in [0, 0.05) is 0 Å². The molecular formula is C23H38O5. The van der Waals surface area contributed by atoms with Gasteiger partial charge in [-0.2, -0.15) is 0 Å². The standard InChI is InChI=1S/C23H38O5/c1-7-10-16(4)26-20-13-19(15-22(24)25)14-21(27-17(5)11-8-2)23(20)28-18(6)12-9-3/h13-14,16-18H,7-12,15H2,1-6H3,(H,24,25). The van der Waals surface area contributed by atoms with Crippen molar-refractivity contribution in [1.82, 2.24) is 0 Å². The van der Waals surface area contributed by atoms with Crippen LogP contribution in [0, 0.1) is 0 Å². The Morgan fingerprint density at radius 3 is 1.57 bits per heavy atom. The molecule has 5 nitrogen and oxygen atoms in total. The quantitative estimate of drug-likeness (QED) is 0.418. The van der Waals surface area contributed by atoms with Crippen molar-refractivity contribution < 1.29 is 24.1 Å². The first kappa shape index (κ1) is 24.1. The number of hydrogen-bond donors (Lipinski definition) is 1. The summed E-state index contributed by atoms with van der Waals surface area (Å²) in [5.74, 6) is 0.844. The summed E-state index contributed by atoms with van der Waals surface area (Å²) in [5, 5.41) is 9.25. The fraction of sp³-hybridized carbons (Fsp3) is 0.696. The van der Waals surface area contributed by atoms with Crippen molar-refractivity contribution in [1.29, 1.82) is 0 Å². The van der Waals surface area contributed by atoms with Crippen LogP contribution in [0.2, 0.25) is 0 Å². The predicted octanol–water partition coefficient (Wildman–Crippen LogP) is 6.02. The van der Waals surface area contributed by atoms with Crippen molar-refractivity contribution in [3.05, 3.63) is 17.7 Å². The van der Waals surface area contributed by atoms with Crippen molar-refractivity contribution >= 4 is 5.97 Å². The SMILES string of the molecule is CCCC(C)Oc1cc(CC(=O)O)cc(OC(C)CCC)c1OC(C)CCC. The summed E-state index contributed by atoms with van der Waals surface area (Å²) in [6.45, 7) is 12.4. The second kappa shape index (κ2) is 12.5. The molecule has 1 rings (SSSR count). The molecule has 0 amide bonds. The largest absolute Gasteiger partial charge is 0.487 e. The number of ether oxygens (including phenoxy) is 3. The van der Waals surface area contributed by atoms with E-state index in [1.54, 1.807) is 12.1 Å². The maximum atomic E-state index is 11.3. The van der Waals surface area contributed by atoms with Gasteiger partial charge in [0.1, 0.15) is 0 Å². The van der Waals surface area contributed by atoms with Crippen LogP contribution in [-0.2, 0) is 11.2 Å². The van der Waals surface area contributed by atoms with Gasteiger partial charge in [0.15, 0.2) is 11.5 Å². The second-order valence-electron chi connectivity index (χ2n) is 7.64. The summed E-state index contributed by atoms with van der Waals surface area (Å²) in [6.07, 6.45) is 5.73. The molecule has 0 spiro atoms. The van der Waals surface area contributed by atoms with E-state index in [-0.39, 0.29) is 24.7 Å². The van der Waals surface area contributed by atoms with Gasteiger partial charge in [-0.05, 0) is 57.7 Å². The van der Waals surface area contributed by atoms with Gasteiger partial charge in [0.25, 0.3) is 0 Å². The third-order valence-electron chi connectivity index (χ3n) is 4.50. The summed E-state index contributed by atoms with van der Waals surface area (Å²) < 4.78 is 18.6. The van der Waals surface area contributed by atoms with Gasteiger partial charge < -0.3 is 19.3 Å². The normalized spacial score (nSPS) is 14.2. The number of rotatable bonds is 14. The van der Waals surface area contributed by atoms with Crippen LogP contribution in [0.15, 0.2) is 12.1 Å². The van der Waals surface area contributed by atoms with E-state index in [4.69, 9.17) is 14.2 Å². The van der Waals surface area contributed by atoms with Gasteiger partial charge in [-0.1, -0.05) is 40.0 Å². The molecule has 0 aromatic heterocycles. The summed E-state index contributed by atoms with van der Waals surface area (Å²) in [6, 6.07) is 3.57. The summed E-state index contributed by atoms with van der Waals surface area (Å²) in [4.78, 5) is 11.3. The molecule has 0 saturated carbocycles. The highest BCUT2D eigenvalue weighted by molar-refractivity contribution is 5.71. The molecule has 1 aromatic carbocycles. The second-order valence-corrected chi connectivity index (χ2v) is 7.64. The minimum Gasteiger partial charge on any atom is -0.487 e. The number of carboxylic acids is 1. The average Bonchev–Trinajstić information content (AvgIpc) is 2.58. The van der Waals surface area contributed by atoms with E-state index >= 15 is 0 Å². The third-order valence-corrected chi connectivity index (χ3v) is 4.50. The lowest BCUT2D eigenvalue weighted by atomic mass is 10.1. The van der Waals surface area contributed by atoms with Crippen molar-refractivity contribution in [2.75, 3.05) is 0 Å². The molecule has 0 fully saturated rings. The van der Waals surface area contributed by atoms with Gasteiger partial charge in [0.2, 0.25) is 5.75 Å². The van der Waals surface area contributed by atoms with Gasteiger partial charge in [0.05, 0.1) is 24.7 Å². The molecule has 1 aromatic rings. The highest BCUT2D eigenvalue weighted by Gasteiger charge is 2.21. The first-order chi connectivity index (χ1) is 13.3. The maximum Gasteiger partial charge on any atom is 0.307 e. The summed E-state index contributed by atoms with van der Waals surface area (Å²) in [5.41, 5.74) is 0.653. The number of carboxylic acid groups (broad SMARTS) is 1. The molecule has 0 saturated heterocycles. The van der Waals surface area contributed by atoms with Crippen LogP contribution >= 0.6 is 0 Å². The first-order valence-electron chi connectivity index (χ1n) is 10.7. The fourth-order valence-electron chi connectivity index (χ4n) is 3.23. The number of aliphatic carboxylic acids is 1. The maximum absolute atomic E-state index is 11.3. The van der Waals surface area contributed by atoms with Crippen LogP contribution in [-0.4, -0.2) is 29.4 Å². The van der Waals surface area contributed by atoms with Crippen LogP contribution in [0.3, 0.4) is 0 Å². The zero-order valence-electron chi connectivity index (χ0n) is 18.4. The Labute approximate surface area is 170 Å². The molecule has 28 heavy (non-hydrogen) atoms. The molecule has 160 valence electrons. The van der Waals surface area contributed by atoms with Crippen molar-refractivity contribution in [2.45, 2.75) is 105 Å². The minimum absolute atomic E-state index is 0.00910. The highest BCUT2D eigenvalue weighted by Crippen LogP contribution is 2.41. The van der Waals surface area contributed by atoms with E-state index < -0.39 is 5.97 Å². The highest BCUT2D eigenvalue weighted by atomic mass is 16.6. The number of carbonyl (C=O) groups is 1. The van der Waals surface area contributed by atoms with Crippen LogP contribution in [0.5, 0.6) is 17.2 Å². The van der Waals surface area contributed by atoms with E-state index in [1.165, 1.54) is 0 Å². The molecule has 0 aliphatic carbocycles. The zero-order chi connectivity index (χ0) is 21.1. The Hall–Kier alpha value is -1.91. The molecule has 3 unspecified atom stereocenters. The Morgan fingerprint density at radius 2 is 1.21 bits per heavy atom. The van der Waals surface area contributed by atoms with Crippen molar-refractivity contribution in [2.24, 2.45) is 0 Å². The molecule has 3 atom stereocenters. The molecule has 0 heterocycles. The summed E-state index contributed by atoms with van der Waals surface area (Å²) in [7, 11) is 0. The lowest BCUT2D eigenvalue weighted by Crippen LogP contribution is -2.18. The van der Waals surface area contributed by atoms with Gasteiger partial charge in [-0.15, -0.1) is 0 Å². The van der Waals surface area contributed by atoms with Crippen LogP contribution < -0.4 is 14.2 Å². The first-order valence-corrected chi connectivity index (χ1v) is 10.7. The number of hydrogen-bond acceptors (Lipinski definition) is 4. The molecule has 1 N–H and O–H groups in total. The van der Waals surface area contributed by atoms with Crippen LogP contribution in [0.1, 0.15) is 85.6 Å². The predicted molar refractivity (Wildman–Crippen MR) is 113 cm³/mol. The van der Waals surface area contributed by atoms with Gasteiger partial charge >= 0.3 is 5.97 Å². The molecule has 0 aliphatic rings. The number of benzene rings is 1. The molecule has 0 bridgehead atoms. The Balaban J connectivity index is 3.35. The van der Waals surface area contributed by atoms with E-state index in [2.05, 4.69) is 20.8 Å². The van der Waals surface area contributed by atoms with Crippen molar-refractivity contribution in [3.8, 4) is 17.2 Å². The van der Waals surface area contributed by atoms with E-state index in [1.807, 2.05) is 20.8 Å².